The standard InChI is InChI=1S/C10H9ClF3NO2/c11-5-3-6(8(16)1-2-15)9(17)7(4-5)10(12,13)14/h3-4,17H,1-2,15H2. The number of rotatable bonds is 3. The Balaban J connectivity index is 3.34. The largest absolute Gasteiger partial charge is 0.507 e. The molecule has 1 aromatic carbocycles. The summed E-state index contributed by atoms with van der Waals surface area (Å²) in [6.45, 7) is -0.0217. The van der Waals surface area contributed by atoms with E-state index < -0.39 is 28.8 Å². The van der Waals surface area contributed by atoms with E-state index in [-0.39, 0.29) is 18.0 Å². The van der Waals surface area contributed by atoms with Crippen LogP contribution in [-0.2, 0) is 6.18 Å². The molecule has 0 aliphatic carbocycles. The predicted octanol–water partition coefficient (Wildman–Crippen LogP) is 2.60. The van der Waals surface area contributed by atoms with E-state index in [0.29, 0.717) is 6.07 Å². The molecule has 7 heteroatoms. The maximum absolute atomic E-state index is 12.5. The highest BCUT2D eigenvalue weighted by Crippen LogP contribution is 2.39. The zero-order valence-electron chi connectivity index (χ0n) is 8.51. The smallest absolute Gasteiger partial charge is 0.420 e. The first-order valence-corrected chi connectivity index (χ1v) is 4.98. The van der Waals surface area contributed by atoms with E-state index in [2.05, 4.69) is 0 Å². The number of alkyl halides is 3. The number of carbonyl (C=O) groups excluding carboxylic acids is 1. The Morgan fingerprint density at radius 2 is 2.00 bits per heavy atom. The van der Waals surface area contributed by atoms with Crippen molar-refractivity contribution in [3.8, 4) is 5.75 Å². The molecule has 1 rings (SSSR count). The summed E-state index contributed by atoms with van der Waals surface area (Å²) in [5, 5.41) is 9.14. The first kappa shape index (κ1) is 13.8. The first-order valence-electron chi connectivity index (χ1n) is 4.60. The van der Waals surface area contributed by atoms with E-state index in [1.54, 1.807) is 0 Å². The van der Waals surface area contributed by atoms with Crippen LogP contribution >= 0.6 is 11.6 Å². The summed E-state index contributed by atoms with van der Waals surface area (Å²) in [5.41, 5.74) is 3.33. The van der Waals surface area contributed by atoms with Gasteiger partial charge < -0.3 is 10.8 Å². The Morgan fingerprint density at radius 3 is 2.47 bits per heavy atom. The molecule has 0 radical (unpaired) electrons. The fourth-order valence-electron chi connectivity index (χ4n) is 1.29. The number of ketones is 1. The molecule has 94 valence electrons. The van der Waals surface area contributed by atoms with Gasteiger partial charge in [0.1, 0.15) is 5.75 Å². The van der Waals surface area contributed by atoms with Gasteiger partial charge in [0.2, 0.25) is 0 Å². The zero-order chi connectivity index (χ0) is 13.2. The molecule has 0 heterocycles. The Hall–Kier alpha value is -1.27. The van der Waals surface area contributed by atoms with Gasteiger partial charge in [0, 0.05) is 11.4 Å². The number of hydrogen-bond acceptors (Lipinski definition) is 3. The molecule has 0 amide bonds. The highest BCUT2D eigenvalue weighted by Gasteiger charge is 2.36. The summed E-state index contributed by atoms with van der Waals surface area (Å²) in [6, 6.07) is 1.56. The predicted molar refractivity (Wildman–Crippen MR) is 56.1 cm³/mol. The number of Topliss-reactive ketones (excluding diaryl/α,β-unsaturated/α-hetero) is 1. The molecule has 0 spiro atoms. The topological polar surface area (TPSA) is 63.3 Å². The van der Waals surface area contributed by atoms with Crippen LogP contribution in [-0.4, -0.2) is 17.4 Å². The van der Waals surface area contributed by atoms with E-state index in [4.69, 9.17) is 17.3 Å². The average molecular weight is 268 g/mol. The third-order valence-electron chi connectivity index (χ3n) is 2.05. The Labute approximate surface area is 100.0 Å². The summed E-state index contributed by atoms with van der Waals surface area (Å²) in [6.07, 6.45) is -4.93. The lowest BCUT2D eigenvalue weighted by Crippen LogP contribution is -2.11. The Kier molecular flexibility index (Phi) is 4.00. The summed E-state index contributed by atoms with van der Waals surface area (Å²) >= 11 is 5.48. The number of nitrogens with two attached hydrogens (primary N) is 1. The molecule has 0 unspecified atom stereocenters. The summed E-state index contributed by atoms with van der Waals surface area (Å²) in [5.74, 6) is -1.79. The van der Waals surface area contributed by atoms with Gasteiger partial charge in [-0.1, -0.05) is 11.6 Å². The number of benzene rings is 1. The fourth-order valence-corrected chi connectivity index (χ4v) is 1.51. The molecule has 1 aromatic rings. The van der Waals surface area contributed by atoms with Crippen LogP contribution in [0.25, 0.3) is 0 Å². The van der Waals surface area contributed by atoms with Crippen molar-refractivity contribution in [1.29, 1.82) is 0 Å². The molecule has 0 aromatic heterocycles. The maximum Gasteiger partial charge on any atom is 0.420 e. The molecule has 0 fully saturated rings. The lowest BCUT2D eigenvalue weighted by atomic mass is 10.0. The SMILES string of the molecule is NCCC(=O)c1cc(Cl)cc(C(F)(F)F)c1O. The van der Waals surface area contributed by atoms with Gasteiger partial charge in [-0.3, -0.25) is 4.79 Å². The number of halogens is 4. The minimum Gasteiger partial charge on any atom is -0.507 e. The van der Waals surface area contributed by atoms with Crippen molar-refractivity contribution in [2.75, 3.05) is 6.54 Å². The van der Waals surface area contributed by atoms with Crippen molar-refractivity contribution in [1.82, 2.24) is 0 Å². The van der Waals surface area contributed by atoms with Gasteiger partial charge in [-0.25, -0.2) is 0 Å². The highest BCUT2D eigenvalue weighted by atomic mass is 35.5. The van der Waals surface area contributed by atoms with E-state index in [9.17, 15) is 23.1 Å². The van der Waals surface area contributed by atoms with E-state index in [1.807, 2.05) is 0 Å². The molecule has 3 nitrogen and oxygen atoms in total. The van der Waals surface area contributed by atoms with Gasteiger partial charge in [-0.15, -0.1) is 0 Å². The number of hydrogen-bond donors (Lipinski definition) is 2. The molecule has 0 saturated heterocycles. The van der Waals surface area contributed by atoms with Crippen LogP contribution in [0.5, 0.6) is 5.75 Å². The molecule has 0 saturated carbocycles. The number of aromatic hydroxyl groups is 1. The van der Waals surface area contributed by atoms with Crippen molar-refractivity contribution in [3.63, 3.8) is 0 Å². The van der Waals surface area contributed by atoms with Crippen LogP contribution < -0.4 is 5.73 Å². The van der Waals surface area contributed by atoms with Crippen molar-refractivity contribution in [2.24, 2.45) is 5.73 Å². The minimum absolute atomic E-state index is 0.0217. The van der Waals surface area contributed by atoms with Crippen LogP contribution in [0.15, 0.2) is 12.1 Å². The quantitative estimate of drug-likeness (QED) is 0.828. The first-order chi connectivity index (χ1) is 7.77. The van der Waals surface area contributed by atoms with Crippen LogP contribution in [0.2, 0.25) is 5.02 Å². The van der Waals surface area contributed by atoms with E-state index in [1.165, 1.54) is 0 Å². The second-order valence-electron chi connectivity index (χ2n) is 3.31. The monoisotopic (exact) mass is 267 g/mol. The third kappa shape index (κ3) is 3.10. The van der Waals surface area contributed by atoms with Gasteiger partial charge in [-0.05, 0) is 18.7 Å². The fraction of sp³-hybridized carbons (Fsp3) is 0.300. The maximum atomic E-state index is 12.5. The van der Waals surface area contributed by atoms with Crippen LogP contribution in [0.1, 0.15) is 22.3 Å². The van der Waals surface area contributed by atoms with Gasteiger partial charge in [0.05, 0.1) is 11.1 Å². The summed E-state index contributed by atoms with van der Waals surface area (Å²) < 4.78 is 37.5. The molecule has 0 bridgehead atoms. The molecule has 0 aliphatic heterocycles. The summed E-state index contributed by atoms with van der Waals surface area (Å²) in [7, 11) is 0. The molecule has 0 atom stereocenters. The van der Waals surface area contributed by atoms with Crippen LogP contribution in [0, 0.1) is 0 Å². The van der Waals surface area contributed by atoms with Gasteiger partial charge in [0.25, 0.3) is 0 Å². The molecular weight excluding hydrogens is 259 g/mol. The number of phenols is 1. The summed E-state index contributed by atoms with van der Waals surface area (Å²) in [4.78, 5) is 11.4. The van der Waals surface area contributed by atoms with Crippen LogP contribution in [0.3, 0.4) is 0 Å². The second kappa shape index (κ2) is 4.93. The Morgan fingerprint density at radius 1 is 1.41 bits per heavy atom. The molecule has 17 heavy (non-hydrogen) atoms. The third-order valence-corrected chi connectivity index (χ3v) is 2.27. The zero-order valence-corrected chi connectivity index (χ0v) is 9.27. The van der Waals surface area contributed by atoms with Crippen molar-refractivity contribution in [2.45, 2.75) is 12.6 Å². The second-order valence-corrected chi connectivity index (χ2v) is 3.75. The van der Waals surface area contributed by atoms with Gasteiger partial charge in [-0.2, -0.15) is 13.2 Å². The molecule has 0 aliphatic rings. The van der Waals surface area contributed by atoms with Crippen molar-refractivity contribution in [3.05, 3.63) is 28.3 Å². The Bertz CT molecular complexity index is 446. The molecular formula is C10H9ClF3NO2. The van der Waals surface area contributed by atoms with Gasteiger partial charge in [0.15, 0.2) is 5.78 Å². The van der Waals surface area contributed by atoms with E-state index >= 15 is 0 Å². The number of phenolic OH excluding ortho intramolecular Hbond substituents is 1. The van der Waals surface area contributed by atoms with E-state index in [0.717, 1.165) is 6.07 Å². The van der Waals surface area contributed by atoms with Gasteiger partial charge >= 0.3 is 6.18 Å². The van der Waals surface area contributed by atoms with Crippen molar-refractivity contribution >= 4 is 17.4 Å². The van der Waals surface area contributed by atoms with Crippen molar-refractivity contribution < 1.29 is 23.1 Å². The highest BCUT2D eigenvalue weighted by molar-refractivity contribution is 6.31. The number of carbonyl (C=O) groups is 1. The minimum atomic E-state index is -4.77. The van der Waals surface area contributed by atoms with Crippen LogP contribution in [0.4, 0.5) is 13.2 Å². The normalized spacial score (nSPS) is 11.6. The lowest BCUT2D eigenvalue weighted by Gasteiger charge is -2.12. The lowest BCUT2D eigenvalue weighted by molar-refractivity contribution is -0.138. The molecule has 3 N–H and O–H groups in total. The average Bonchev–Trinajstić information content (AvgIpc) is 2.19.